The van der Waals surface area contributed by atoms with Crippen LogP contribution in [0.15, 0.2) is 47.5 Å². The number of aliphatic imine (C=N–C) groups is 1. The monoisotopic (exact) mass is 486 g/mol. The number of anilines is 1. The first-order chi connectivity index (χ1) is 12.5. The van der Waals surface area contributed by atoms with E-state index in [9.17, 15) is 10.1 Å². The molecular formula is C18H23IN4O4. The van der Waals surface area contributed by atoms with Gasteiger partial charge in [-0.1, -0.05) is 12.1 Å². The van der Waals surface area contributed by atoms with Gasteiger partial charge in [0.1, 0.15) is 11.5 Å². The normalized spacial score (nSPS) is 10.7. The Morgan fingerprint density at radius 1 is 1.19 bits per heavy atom. The summed E-state index contributed by atoms with van der Waals surface area (Å²) in [6.45, 7) is 5.06. The summed E-state index contributed by atoms with van der Waals surface area (Å²) in [5.41, 5.74) is 7.30. The van der Waals surface area contributed by atoms with E-state index in [1.165, 1.54) is 12.1 Å². The number of guanidine groups is 1. The molecule has 0 aliphatic heterocycles. The lowest BCUT2D eigenvalue weighted by atomic mass is 10.2. The van der Waals surface area contributed by atoms with Gasteiger partial charge >= 0.3 is 0 Å². The number of hydrogen-bond acceptors (Lipinski definition) is 5. The zero-order valence-electron chi connectivity index (χ0n) is 15.2. The van der Waals surface area contributed by atoms with Crippen LogP contribution in [0.1, 0.15) is 19.4 Å². The average Bonchev–Trinajstić information content (AvgIpc) is 2.63. The van der Waals surface area contributed by atoms with Crippen LogP contribution in [0, 0.1) is 10.1 Å². The topological polar surface area (TPSA) is 112 Å². The molecule has 0 fully saturated rings. The predicted octanol–water partition coefficient (Wildman–Crippen LogP) is 3.94. The zero-order valence-corrected chi connectivity index (χ0v) is 17.5. The smallest absolute Gasteiger partial charge is 0.269 e. The van der Waals surface area contributed by atoms with Crippen molar-refractivity contribution in [2.75, 3.05) is 18.5 Å². The minimum Gasteiger partial charge on any atom is -0.494 e. The molecule has 0 spiro atoms. The van der Waals surface area contributed by atoms with Gasteiger partial charge in [-0.25, -0.2) is 4.99 Å². The summed E-state index contributed by atoms with van der Waals surface area (Å²) in [4.78, 5) is 14.6. The van der Waals surface area contributed by atoms with E-state index >= 15 is 0 Å². The lowest BCUT2D eigenvalue weighted by Gasteiger charge is -2.14. The minimum absolute atomic E-state index is 0. The lowest BCUT2D eigenvalue weighted by Crippen LogP contribution is -2.23. The van der Waals surface area contributed by atoms with E-state index in [0.29, 0.717) is 36.0 Å². The highest BCUT2D eigenvalue weighted by atomic mass is 127. The Balaban J connectivity index is 0.00000364. The summed E-state index contributed by atoms with van der Waals surface area (Å²) in [5.74, 6) is 1.49. The van der Waals surface area contributed by atoms with Gasteiger partial charge in [-0.15, -0.1) is 24.0 Å². The van der Waals surface area contributed by atoms with E-state index in [1.807, 2.05) is 19.9 Å². The SMILES string of the molecule is CCOc1ccc(OCC)c(NC(N)=NCc2cccc([N+](=O)[O-])c2)c1.I. The van der Waals surface area contributed by atoms with Crippen molar-refractivity contribution in [2.24, 2.45) is 10.7 Å². The van der Waals surface area contributed by atoms with Crippen LogP contribution in [0.4, 0.5) is 11.4 Å². The molecule has 3 N–H and O–H groups in total. The number of non-ortho nitro benzene ring substituents is 1. The Bertz CT molecular complexity index is 799. The summed E-state index contributed by atoms with van der Waals surface area (Å²) in [7, 11) is 0. The molecule has 0 bridgehead atoms. The van der Waals surface area contributed by atoms with Crippen molar-refractivity contribution in [3.63, 3.8) is 0 Å². The van der Waals surface area contributed by atoms with Gasteiger partial charge in [0, 0.05) is 18.2 Å². The quantitative estimate of drug-likeness (QED) is 0.192. The third-order valence-electron chi connectivity index (χ3n) is 3.38. The highest BCUT2D eigenvalue weighted by Gasteiger charge is 2.08. The third-order valence-corrected chi connectivity index (χ3v) is 3.38. The summed E-state index contributed by atoms with van der Waals surface area (Å²) >= 11 is 0. The van der Waals surface area contributed by atoms with Crippen LogP contribution >= 0.6 is 24.0 Å². The fraction of sp³-hybridized carbons (Fsp3) is 0.278. The van der Waals surface area contributed by atoms with Crippen molar-refractivity contribution >= 4 is 41.3 Å². The van der Waals surface area contributed by atoms with E-state index in [1.54, 1.807) is 24.3 Å². The molecule has 0 heterocycles. The summed E-state index contributed by atoms with van der Waals surface area (Å²) in [6, 6.07) is 11.7. The predicted molar refractivity (Wildman–Crippen MR) is 116 cm³/mol. The molecule has 0 radical (unpaired) electrons. The molecule has 27 heavy (non-hydrogen) atoms. The van der Waals surface area contributed by atoms with Crippen LogP contribution in [-0.2, 0) is 6.54 Å². The average molecular weight is 486 g/mol. The standard InChI is InChI=1S/C18H22N4O4.HI/c1-3-25-15-8-9-17(26-4-2)16(11-15)21-18(19)20-12-13-6-5-7-14(10-13)22(23)24;/h5-11H,3-4,12H2,1-2H3,(H3,19,20,21);1H. The van der Waals surface area contributed by atoms with Crippen LogP contribution < -0.4 is 20.5 Å². The fourth-order valence-corrected chi connectivity index (χ4v) is 2.27. The number of nitro benzene ring substituents is 1. The zero-order chi connectivity index (χ0) is 18.9. The van der Waals surface area contributed by atoms with Gasteiger partial charge in [0.15, 0.2) is 5.96 Å². The van der Waals surface area contributed by atoms with Crippen LogP contribution in [-0.4, -0.2) is 24.1 Å². The Morgan fingerprint density at radius 2 is 1.93 bits per heavy atom. The summed E-state index contributed by atoms with van der Waals surface area (Å²) in [6.07, 6.45) is 0. The summed E-state index contributed by atoms with van der Waals surface area (Å²) in [5, 5.41) is 13.8. The van der Waals surface area contributed by atoms with Gasteiger partial charge in [0.25, 0.3) is 5.69 Å². The number of nitro groups is 1. The van der Waals surface area contributed by atoms with E-state index in [4.69, 9.17) is 15.2 Å². The highest BCUT2D eigenvalue weighted by Crippen LogP contribution is 2.29. The molecule has 0 unspecified atom stereocenters. The third kappa shape index (κ3) is 6.93. The molecule has 9 heteroatoms. The molecule has 0 amide bonds. The minimum atomic E-state index is -0.442. The van der Waals surface area contributed by atoms with Crippen molar-refractivity contribution in [3.05, 3.63) is 58.1 Å². The molecule has 146 valence electrons. The van der Waals surface area contributed by atoms with Crippen LogP contribution in [0.3, 0.4) is 0 Å². The van der Waals surface area contributed by atoms with Gasteiger partial charge in [-0.3, -0.25) is 10.1 Å². The van der Waals surface area contributed by atoms with Crippen LogP contribution in [0.5, 0.6) is 11.5 Å². The van der Waals surface area contributed by atoms with Gasteiger partial charge < -0.3 is 20.5 Å². The molecule has 2 rings (SSSR count). The fourth-order valence-electron chi connectivity index (χ4n) is 2.27. The number of rotatable bonds is 8. The summed E-state index contributed by atoms with van der Waals surface area (Å²) < 4.78 is 11.1. The second-order valence-electron chi connectivity index (χ2n) is 5.28. The molecule has 0 saturated heterocycles. The van der Waals surface area contributed by atoms with E-state index in [-0.39, 0.29) is 42.2 Å². The number of benzene rings is 2. The Labute approximate surface area is 174 Å². The Morgan fingerprint density at radius 3 is 2.59 bits per heavy atom. The van der Waals surface area contributed by atoms with Crippen molar-refractivity contribution in [1.29, 1.82) is 0 Å². The molecule has 0 aliphatic rings. The lowest BCUT2D eigenvalue weighted by molar-refractivity contribution is -0.384. The van der Waals surface area contributed by atoms with Gasteiger partial charge in [-0.05, 0) is 31.5 Å². The van der Waals surface area contributed by atoms with Crippen molar-refractivity contribution in [2.45, 2.75) is 20.4 Å². The van der Waals surface area contributed by atoms with Crippen LogP contribution in [0.25, 0.3) is 0 Å². The number of nitrogens with zero attached hydrogens (tertiary/aromatic N) is 2. The van der Waals surface area contributed by atoms with Gasteiger partial charge in [0.05, 0.1) is 30.4 Å². The first-order valence-electron chi connectivity index (χ1n) is 8.23. The number of nitrogens with two attached hydrogens (primary N) is 1. The maximum Gasteiger partial charge on any atom is 0.269 e. The second kappa shape index (κ2) is 11.2. The largest absolute Gasteiger partial charge is 0.494 e. The highest BCUT2D eigenvalue weighted by molar-refractivity contribution is 14.0. The molecule has 8 nitrogen and oxygen atoms in total. The first-order valence-corrected chi connectivity index (χ1v) is 8.23. The van der Waals surface area contributed by atoms with Crippen molar-refractivity contribution in [1.82, 2.24) is 0 Å². The van der Waals surface area contributed by atoms with Crippen molar-refractivity contribution in [3.8, 4) is 11.5 Å². The van der Waals surface area contributed by atoms with Gasteiger partial charge in [0.2, 0.25) is 0 Å². The van der Waals surface area contributed by atoms with Gasteiger partial charge in [-0.2, -0.15) is 0 Å². The molecule has 2 aromatic rings. The number of halogens is 1. The van der Waals surface area contributed by atoms with E-state index in [0.717, 1.165) is 0 Å². The molecule has 0 aromatic heterocycles. The number of ether oxygens (including phenoxy) is 2. The molecule has 0 atom stereocenters. The number of nitrogens with one attached hydrogen (secondary N) is 1. The molecule has 0 saturated carbocycles. The maximum absolute atomic E-state index is 10.8. The molecule has 2 aromatic carbocycles. The maximum atomic E-state index is 10.8. The number of hydrogen-bond donors (Lipinski definition) is 2. The van der Waals surface area contributed by atoms with Crippen LogP contribution in [0.2, 0.25) is 0 Å². The molecule has 0 aliphatic carbocycles. The van der Waals surface area contributed by atoms with Crippen molar-refractivity contribution < 1.29 is 14.4 Å². The Hall–Kier alpha value is -2.56. The first kappa shape index (κ1) is 22.5. The van der Waals surface area contributed by atoms with E-state index in [2.05, 4.69) is 10.3 Å². The second-order valence-corrected chi connectivity index (χ2v) is 5.28. The van der Waals surface area contributed by atoms with E-state index < -0.39 is 4.92 Å². The molecular weight excluding hydrogens is 463 g/mol. The Kier molecular flexibility index (Phi) is 9.34.